The molecule has 0 aromatic carbocycles. The normalized spacial score (nSPS) is 16.3. The number of nitrogens with one attached hydrogen (secondary N) is 3. The lowest BCUT2D eigenvalue weighted by atomic mass is 9.79. The summed E-state index contributed by atoms with van der Waals surface area (Å²) < 4.78 is 5.11. The number of rotatable bonds is 15. The fourth-order valence-electron chi connectivity index (χ4n) is 4.60. The molecular formula is C24H39N5O6S. The third kappa shape index (κ3) is 9.73. The molecule has 0 unspecified atom stereocenters. The summed E-state index contributed by atoms with van der Waals surface area (Å²) in [6, 6.07) is -1.71. The van der Waals surface area contributed by atoms with E-state index < -0.39 is 35.9 Å². The second-order valence-corrected chi connectivity index (χ2v) is 9.92. The van der Waals surface area contributed by atoms with Gasteiger partial charge in [0.15, 0.2) is 5.13 Å². The Balaban J connectivity index is 2.19. The lowest BCUT2D eigenvalue weighted by Crippen LogP contribution is -2.51. The van der Waals surface area contributed by atoms with Crippen LogP contribution in [0.1, 0.15) is 71.6 Å². The Morgan fingerprint density at radius 1 is 1.22 bits per heavy atom. The third-order valence-electron chi connectivity index (χ3n) is 6.40. The zero-order chi connectivity index (χ0) is 26.3. The standard InChI is InChI=1S/C24H39N5O6S/c1-3-8-20(29(34)16-30)18(15-17-9-6-5-7-10-17)21(31)27-19(11-13-35-24(33)25-4-2)22(32)28-23-26-12-14-36-23/h12,14,16-20,34H,3-11,13,15H2,1-2H3,(H,25,33)(H,27,31)(H,26,28,32)/t18-,19+,20+/m1/s1. The quantitative estimate of drug-likeness (QED) is 0.156. The molecule has 1 saturated carbocycles. The van der Waals surface area contributed by atoms with Crippen LogP contribution in [-0.4, -0.2) is 64.8 Å². The number of carbonyl (C=O) groups excluding carboxylic acids is 4. The van der Waals surface area contributed by atoms with Crippen molar-refractivity contribution in [2.75, 3.05) is 18.5 Å². The molecule has 11 nitrogen and oxygen atoms in total. The molecule has 1 aliphatic carbocycles. The van der Waals surface area contributed by atoms with E-state index in [-0.39, 0.29) is 13.0 Å². The van der Waals surface area contributed by atoms with Crippen LogP contribution >= 0.6 is 11.3 Å². The minimum atomic E-state index is -1.00. The molecule has 4 N–H and O–H groups in total. The highest BCUT2D eigenvalue weighted by Crippen LogP contribution is 2.32. The van der Waals surface area contributed by atoms with Gasteiger partial charge in [0.1, 0.15) is 6.04 Å². The number of carbonyl (C=O) groups is 4. The first-order chi connectivity index (χ1) is 17.4. The molecule has 1 heterocycles. The van der Waals surface area contributed by atoms with Crippen LogP contribution in [0.2, 0.25) is 0 Å². The highest BCUT2D eigenvalue weighted by molar-refractivity contribution is 7.13. The number of nitrogens with zero attached hydrogens (tertiary/aromatic N) is 2. The summed E-state index contributed by atoms with van der Waals surface area (Å²) >= 11 is 1.24. The maximum atomic E-state index is 13.6. The van der Waals surface area contributed by atoms with Crippen molar-refractivity contribution in [1.82, 2.24) is 20.7 Å². The van der Waals surface area contributed by atoms with Crippen molar-refractivity contribution >= 4 is 40.8 Å². The molecule has 12 heteroatoms. The SMILES string of the molecule is CCC[C@@H]([C@@H](CC1CCCCC1)C(=O)N[C@@H](CCOC(=O)NCC)C(=O)Nc1nccs1)N(O)C=O. The summed E-state index contributed by atoms with van der Waals surface area (Å²) in [5.74, 6) is -1.30. The Hall–Kier alpha value is -2.73. The van der Waals surface area contributed by atoms with Crippen molar-refractivity contribution in [3.05, 3.63) is 11.6 Å². The van der Waals surface area contributed by atoms with Crippen LogP contribution in [0.25, 0.3) is 0 Å². The minimum Gasteiger partial charge on any atom is -0.449 e. The molecular weight excluding hydrogens is 486 g/mol. The van der Waals surface area contributed by atoms with Gasteiger partial charge in [-0.1, -0.05) is 45.4 Å². The minimum absolute atomic E-state index is 0.0468. The molecule has 0 radical (unpaired) electrons. The summed E-state index contributed by atoms with van der Waals surface area (Å²) in [6.45, 7) is 3.99. The predicted molar refractivity (Wildman–Crippen MR) is 135 cm³/mol. The van der Waals surface area contributed by atoms with Gasteiger partial charge in [-0.25, -0.2) is 14.8 Å². The Bertz CT molecular complexity index is 818. The molecule has 3 atom stereocenters. The van der Waals surface area contributed by atoms with Gasteiger partial charge in [0, 0.05) is 24.5 Å². The van der Waals surface area contributed by atoms with E-state index in [4.69, 9.17) is 4.74 Å². The van der Waals surface area contributed by atoms with Crippen LogP contribution in [0.3, 0.4) is 0 Å². The van der Waals surface area contributed by atoms with E-state index in [1.54, 1.807) is 18.5 Å². The number of aromatic nitrogens is 1. The molecule has 202 valence electrons. The van der Waals surface area contributed by atoms with Gasteiger partial charge in [-0.2, -0.15) is 0 Å². The monoisotopic (exact) mass is 525 g/mol. The maximum absolute atomic E-state index is 13.6. The highest BCUT2D eigenvalue weighted by Gasteiger charge is 2.36. The van der Waals surface area contributed by atoms with Crippen molar-refractivity contribution in [2.45, 2.75) is 83.7 Å². The van der Waals surface area contributed by atoms with Crippen molar-refractivity contribution in [1.29, 1.82) is 0 Å². The van der Waals surface area contributed by atoms with E-state index in [2.05, 4.69) is 20.9 Å². The second-order valence-electron chi connectivity index (χ2n) is 9.03. The summed E-state index contributed by atoms with van der Waals surface area (Å²) in [5.41, 5.74) is 0. The van der Waals surface area contributed by atoms with Crippen LogP contribution in [0.4, 0.5) is 9.93 Å². The number of ether oxygens (including phenoxy) is 1. The van der Waals surface area contributed by atoms with Crippen molar-refractivity contribution in [3.8, 4) is 0 Å². The first-order valence-corrected chi connectivity index (χ1v) is 13.6. The first kappa shape index (κ1) is 29.5. The summed E-state index contributed by atoms with van der Waals surface area (Å²) in [5, 5.41) is 21.0. The van der Waals surface area contributed by atoms with Crippen molar-refractivity contribution in [2.24, 2.45) is 11.8 Å². The van der Waals surface area contributed by atoms with E-state index in [0.29, 0.717) is 48.3 Å². The maximum Gasteiger partial charge on any atom is 0.407 e. The van der Waals surface area contributed by atoms with Crippen LogP contribution in [0.15, 0.2) is 11.6 Å². The topological polar surface area (TPSA) is 150 Å². The van der Waals surface area contributed by atoms with Crippen LogP contribution in [0, 0.1) is 11.8 Å². The molecule has 1 fully saturated rings. The van der Waals surface area contributed by atoms with Gasteiger partial charge in [0.25, 0.3) is 0 Å². The Morgan fingerprint density at radius 2 is 1.97 bits per heavy atom. The van der Waals surface area contributed by atoms with Gasteiger partial charge < -0.3 is 20.7 Å². The number of anilines is 1. The molecule has 1 aromatic heterocycles. The average molecular weight is 526 g/mol. The Morgan fingerprint density at radius 3 is 2.58 bits per heavy atom. The van der Waals surface area contributed by atoms with Crippen molar-refractivity contribution < 1.29 is 29.1 Å². The first-order valence-electron chi connectivity index (χ1n) is 12.7. The van der Waals surface area contributed by atoms with E-state index in [1.807, 2.05) is 6.92 Å². The van der Waals surface area contributed by atoms with Crippen LogP contribution < -0.4 is 16.0 Å². The largest absolute Gasteiger partial charge is 0.449 e. The number of alkyl carbamates (subject to hydrolysis) is 1. The zero-order valence-electron chi connectivity index (χ0n) is 21.1. The van der Waals surface area contributed by atoms with Gasteiger partial charge in [-0.3, -0.25) is 19.6 Å². The van der Waals surface area contributed by atoms with E-state index in [9.17, 15) is 24.4 Å². The molecule has 0 saturated heterocycles. The van der Waals surface area contributed by atoms with E-state index >= 15 is 0 Å². The predicted octanol–water partition coefficient (Wildman–Crippen LogP) is 3.31. The number of hydrogen-bond acceptors (Lipinski definition) is 8. The molecule has 0 bridgehead atoms. The molecule has 2 rings (SSSR count). The average Bonchev–Trinajstić information content (AvgIpc) is 3.38. The van der Waals surface area contributed by atoms with Gasteiger partial charge >= 0.3 is 6.09 Å². The lowest BCUT2D eigenvalue weighted by molar-refractivity contribution is -0.170. The fraction of sp³-hybridized carbons (Fsp3) is 0.708. The molecule has 4 amide bonds. The van der Waals surface area contributed by atoms with E-state index in [1.165, 1.54) is 11.3 Å². The Labute approximate surface area is 216 Å². The van der Waals surface area contributed by atoms with E-state index in [0.717, 1.165) is 32.1 Å². The molecule has 36 heavy (non-hydrogen) atoms. The molecule has 1 aliphatic rings. The summed E-state index contributed by atoms with van der Waals surface area (Å²) in [6.07, 6.45) is 8.25. The zero-order valence-corrected chi connectivity index (χ0v) is 21.9. The molecule has 0 aliphatic heterocycles. The second kappa shape index (κ2) is 16.1. The van der Waals surface area contributed by atoms with Gasteiger partial charge in [-0.15, -0.1) is 11.3 Å². The van der Waals surface area contributed by atoms with Crippen LogP contribution in [-0.2, 0) is 19.1 Å². The van der Waals surface area contributed by atoms with Crippen LogP contribution in [0.5, 0.6) is 0 Å². The summed E-state index contributed by atoms with van der Waals surface area (Å²) in [4.78, 5) is 53.8. The smallest absolute Gasteiger partial charge is 0.407 e. The van der Waals surface area contributed by atoms with Crippen molar-refractivity contribution in [3.63, 3.8) is 0 Å². The molecule has 0 spiro atoms. The number of hydrogen-bond donors (Lipinski definition) is 4. The lowest BCUT2D eigenvalue weighted by Gasteiger charge is -2.34. The fourth-order valence-corrected chi connectivity index (χ4v) is 5.13. The van der Waals surface area contributed by atoms with Gasteiger partial charge in [0.05, 0.1) is 18.6 Å². The van der Waals surface area contributed by atoms with Gasteiger partial charge in [-0.05, 0) is 25.7 Å². The third-order valence-corrected chi connectivity index (χ3v) is 7.09. The number of amides is 4. The number of hydroxylamine groups is 2. The summed E-state index contributed by atoms with van der Waals surface area (Å²) in [7, 11) is 0. The van der Waals surface area contributed by atoms with Gasteiger partial charge in [0.2, 0.25) is 18.2 Å². The Kier molecular flexibility index (Phi) is 13.2. The number of thiazole rings is 1. The molecule has 1 aromatic rings. The highest BCUT2D eigenvalue weighted by atomic mass is 32.1.